The number of carbonyl (C=O) groups excluding carboxylic acids is 3. The largest absolute Gasteiger partial charge is 0.462 e. The zero-order valence-corrected chi connectivity index (χ0v) is 20.7. The van der Waals surface area contributed by atoms with Crippen molar-refractivity contribution in [3.05, 3.63) is 35.9 Å². The van der Waals surface area contributed by atoms with Crippen molar-refractivity contribution in [3.8, 4) is 0 Å². The molecule has 33 heavy (non-hydrogen) atoms. The van der Waals surface area contributed by atoms with Gasteiger partial charge in [0.2, 0.25) is 5.91 Å². The van der Waals surface area contributed by atoms with E-state index in [9.17, 15) is 14.4 Å². The van der Waals surface area contributed by atoms with E-state index >= 15 is 0 Å². The standard InChI is InChI=1S/C25H37NO7/c1-16(27)26-18-13-19(33-23(29)25(5,6)7)20(15-31-22(28)24(2,3)4)32-21(18)30-14-17-11-9-8-10-12-17/h8-12,18-21H,13-15H2,1-7H3,(H,26,27)/t18-,19-,20-,21+/m1/s1. The first-order valence-corrected chi connectivity index (χ1v) is 11.2. The molecular formula is C25H37NO7. The Morgan fingerprint density at radius 1 is 1.00 bits per heavy atom. The molecular weight excluding hydrogens is 426 g/mol. The Kier molecular flexibility index (Phi) is 9.03. The number of esters is 2. The van der Waals surface area contributed by atoms with Gasteiger partial charge in [-0.15, -0.1) is 0 Å². The molecule has 1 N–H and O–H groups in total. The molecule has 0 unspecified atom stereocenters. The van der Waals surface area contributed by atoms with E-state index in [0.717, 1.165) is 5.56 Å². The van der Waals surface area contributed by atoms with Gasteiger partial charge in [0.1, 0.15) is 18.8 Å². The average Bonchev–Trinajstić information content (AvgIpc) is 2.70. The summed E-state index contributed by atoms with van der Waals surface area (Å²) in [7, 11) is 0. The van der Waals surface area contributed by atoms with E-state index in [4.69, 9.17) is 18.9 Å². The highest BCUT2D eigenvalue weighted by molar-refractivity contribution is 5.76. The highest BCUT2D eigenvalue weighted by atomic mass is 16.7. The number of hydrogen-bond donors (Lipinski definition) is 1. The van der Waals surface area contributed by atoms with Gasteiger partial charge in [-0.2, -0.15) is 0 Å². The van der Waals surface area contributed by atoms with Crippen molar-refractivity contribution in [1.29, 1.82) is 0 Å². The Balaban J connectivity index is 2.20. The van der Waals surface area contributed by atoms with Crippen LogP contribution in [0.1, 0.15) is 60.5 Å². The summed E-state index contributed by atoms with van der Waals surface area (Å²) in [6.07, 6.45) is -2.01. The zero-order valence-electron chi connectivity index (χ0n) is 20.7. The van der Waals surface area contributed by atoms with Gasteiger partial charge < -0.3 is 24.3 Å². The fraction of sp³-hybridized carbons (Fsp3) is 0.640. The third kappa shape index (κ3) is 8.44. The average molecular weight is 464 g/mol. The van der Waals surface area contributed by atoms with Gasteiger partial charge in [-0.1, -0.05) is 30.3 Å². The number of hydrogen-bond acceptors (Lipinski definition) is 7. The lowest BCUT2D eigenvalue weighted by molar-refractivity contribution is -0.254. The molecule has 1 heterocycles. The van der Waals surface area contributed by atoms with Crippen LogP contribution < -0.4 is 5.32 Å². The smallest absolute Gasteiger partial charge is 0.311 e. The van der Waals surface area contributed by atoms with E-state index in [1.54, 1.807) is 41.5 Å². The number of ether oxygens (including phenoxy) is 4. The molecule has 1 aromatic rings. The van der Waals surface area contributed by atoms with Crippen LogP contribution in [0.25, 0.3) is 0 Å². The first kappa shape index (κ1) is 26.8. The molecule has 0 bridgehead atoms. The third-order valence-electron chi connectivity index (χ3n) is 5.05. The predicted molar refractivity (Wildman–Crippen MR) is 122 cm³/mol. The van der Waals surface area contributed by atoms with Crippen LogP contribution in [0.2, 0.25) is 0 Å². The summed E-state index contributed by atoms with van der Waals surface area (Å²) in [5, 5.41) is 2.83. The van der Waals surface area contributed by atoms with E-state index in [1.807, 2.05) is 30.3 Å². The molecule has 8 nitrogen and oxygen atoms in total. The zero-order chi connectivity index (χ0) is 24.8. The molecule has 1 aliphatic heterocycles. The van der Waals surface area contributed by atoms with Gasteiger partial charge in [0.25, 0.3) is 0 Å². The fourth-order valence-corrected chi connectivity index (χ4v) is 3.12. The minimum Gasteiger partial charge on any atom is -0.462 e. The Hall–Kier alpha value is -2.45. The first-order chi connectivity index (χ1) is 15.3. The van der Waals surface area contributed by atoms with E-state index in [1.165, 1.54) is 6.92 Å². The highest BCUT2D eigenvalue weighted by Gasteiger charge is 2.43. The second-order valence-corrected chi connectivity index (χ2v) is 10.4. The molecule has 1 aromatic carbocycles. The van der Waals surface area contributed by atoms with E-state index < -0.39 is 47.3 Å². The van der Waals surface area contributed by atoms with Crippen LogP contribution >= 0.6 is 0 Å². The number of amides is 1. The quantitative estimate of drug-likeness (QED) is 0.619. The SMILES string of the molecule is CC(=O)N[C@@H]1C[C@@H](OC(=O)C(C)(C)C)[C@@H](COC(=O)C(C)(C)C)O[C@@H]1OCc1ccccc1. The molecule has 184 valence electrons. The van der Waals surface area contributed by atoms with E-state index in [-0.39, 0.29) is 25.5 Å². The van der Waals surface area contributed by atoms with Crippen LogP contribution in [0, 0.1) is 10.8 Å². The number of benzene rings is 1. The summed E-state index contributed by atoms with van der Waals surface area (Å²) in [4.78, 5) is 36.7. The van der Waals surface area contributed by atoms with Crippen LogP contribution in [0.3, 0.4) is 0 Å². The Labute approximate surface area is 196 Å². The summed E-state index contributed by atoms with van der Waals surface area (Å²) in [5.41, 5.74) is -0.468. The van der Waals surface area contributed by atoms with Crippen LogP contribution in [0.15, 0.2) is 30.3 Å². The summed E-state index contributed by atoms with van der Waals surface area (Å²) in [6.45, 7) is 12.1. The number of carbonyl (C=O) groups is 3. The van der Waals surface area contributed by atoms with Gasteiger partial charge >= 0.3 is 11.9 Å². The van der Waals surface area contributed by atoms with Crippen molar-refractivity contribution >= 4 is 17.8 Å². The van der Waals surface area contributed by atoms with Gasteiger partial charge in [-0.05, 0) is 47.1 Å². The summed E-state index contributed by atoms with van der Waals surface area (Å²) >= 11 is 0. The normalized spacial score (nSPS) is 23.5. The molecule has 0 saturated carbocycles. The van der Waals surface area contributed by atoms with E-state index in [0.29, 0.717) is 0 Å². The number of nitrogens with one attached hydrogen (secondary N) is 1. The number of rotatable bonds is 7. The van der Waals surface area contributed by atoms with Crippen molar-refractivity contribution in [2.75, 3.05) is 6.61 Å². The maximum Gasteiger partial charge on any atom is 0.311 e. The third-order valence-corrected chi connectivity index (χ3v) is 5.05. The van der Waals surface area contributed by atoms with Gasteiger partial charge in [0.05, 0.1) is 23.5 Å². The minimum atomic E-state index is -0.808. The molecule has 0 aromatic heterocycles. The van der Waals surface area contributed by atoms with Crippen LogP contribution in [0.5, 0.6) is 0 Å². The Bertz CT molecular complexity index is 810. The lowest BCUT2D eigenvalue weighted by Crippen LogP contribution is -2.57. The molecule has 1 amide bonds. The molecule has 0 radical (unpaired) electrons. The van der Waals surface area contributed by atoms with Gasteiger partial charge in [-0.3, -0.25) is 14.4 Å². The van der Waals surface area contributed by atoms with Crippen molar-refractivity contribution in [1.82, 2.24) is 5.32 Å². The lowest BCUT2D eigenvalue weighted by Gasteiger charge is -2.41. The van der Waals surface area contributed by atoms with Crippen molar-refractivity contribution in [2.45, 2.75) is 86.0 Å². The van der Waals surface area contributed by atoms with Crippen molar-refractivity contribution < 1.29 is 33.3 Å². The molecule has 0 spiro atoms. The monoisotopic (exact) mass is 463 g/mol. The lowest BCUT2D eigenvalue weighted by atomic mass is 9.95. The van der Waals surface area contributed by atoms with E-state index in [2.05, 4.69) is 5.32 Å². The van der Waals surface area contributed by atoms with Gasteiger partial charge in [0, 0.05) is 13.3 Å². The predicted octanol–water partition coefficient (Wildman–Crippen LogP) is 3.37. The molecule has 1 aliphatic rings. The molecule has 2 rings (SSSR count). The van der Waals surface area contributed by atoms with Gasteiger partial charge in [0.15, 0.2) is 6.29 Å². The maximum absolute atomic E-state index is 12.6. The molecule has 4 atom stereocenters. The Morgan fingerprint density at radius 2 is 1.61 bits per heavy atom. The second-order valence-electron chi connectivity index (χ2n) is 10.4. The Morgan fingerprint density at radius 3 is 2.15 bits per heavy atom. The highest BCUT2D eigenvalue weighted by Crippen LogP contribution is 2.28. The molecule has 1 saturated heterocycles. The second kappa shape index (κ2) is 11.1. The van der Waals surface area contributed by atoms with Crippen LogP contribution in [0.4, 0.5) is 0 Å². The van der Waals surface area contributed by atoms with Crippen molar-refractivity contribution in [3.63, 3.8) is 0 Å². The minimum absolute atomic E-state index is 0.101. The summed E-state index contributed by atoms with van der Waals surface area (Å²) < 4.78 is 23.3. The maximum atomic E-state index is 12.6. The summed E-state index contributed by atoms with van der Waals surface area (Å²) in [6, 6.07) is 9.03. The fourth-order valence-electron chi connectivity index (χ4n) is 3.12. The summed E-state index contributed by atoms with van der Waals surface area (Å²) in [5.74, 6) is -1.05. The molecule has 8 heteroatoms. The van der Waals surface area contributed by atoms with Crippen LogP contribution in [-0.4, -0.2) is 49.0 Å². The first-order valence-electron chi connectivity index (χ1n) is 11.2. The van der Waals surface area contributed by atoms with Crippen molar-refractivity contribution in [2.24, 2.45) is 10.8 Å². The molecule has 0 aliphatic carbocycles. The topological polar surface area (TPSA) is 100 Å². The van der Waals surface area contributed by atoms with Crippen LogP contribution in [-0.2, 0) is 39.9 Å². The van der Waals surface area contributed by atoms with Gasteiger partial charge in [-0.25, -0.2) is 0 Å². The molecule has 1 fully saturated rings.